The average Bonchev–Trinajstić information content (AvgIpc) is 2.51. The summed E-state index contributed by atoms with van der Waals surface area (Å²) in [6.45, 7) is 0.823. The van der Waals surface area contributed by atoms with Gasteiger partial charge in [0.05, 0.1) is 11.5 Å². The Morgan fingerprint density at radius 2 is 1.41 bits per heavy atom. The lowest BCUT2D eigenvalue weighted by Crippen LogP contribution is -2.51. The van der Waals surface area contributed by atoms with Crippen LogP contribution in [0.3, 0.4) is 0 Å². The van der Waals surface area contributed by atoms with Crippen molar-refractivity contribution in [3.63, 3.8) is 0 Å². The van der Waals surface area contributed by atoms with E-state index in [2.05, 4.69) is 0 Å². The summed E-state index contributed by atoms with van der Waals surface area (Å²) in [4.78, 5) is -0.269. The summed E-state index contributed by atoms with van der Waals surface area (Å²) in [5, 5.41) is 56.4. The summed E-state index contributed by atoms with van der Waals surface area (Å²) in [5.74, 6) is 0. The minimum Gasteiger partial charge on any atom is -0.394 e. The molecule has 0 aromatic heterocycles. The molecule has 1 aromatic rings. The molecule has 5 atom stereocenters. The quantitative estimate of drug-likeness (QED) is 0.320. The number of aliphatic hydroxyl groups is 6. The molecule has 0 saturated heterocycles. The Morgan fingerprint density at radius 3 is 1.86 bits per heavy atom. The molecule has 6 N–H and O–H groups in total. The molecule has 0 aliphatic carbocycles. The van der Waals surface area contributed by atoms with Gasteiger partial charge in [0.25, 0.3) is 0 Å². The fourth-order valence-electron chi connectivity index (χ4n) is 1.76. The third-order valence-electron chi connectivity index (χ3n) is 3.24. The number of rotatable bonds is 7. The smallest absolute Gasteiger partial charge is 0.207 e. The summed E-state index contributed by atoms with van der Waals surface area (Å²) < 4.78 is 24.3. The first-order valence-electron chi connectivity index (χ1n) is 6.44. The summed E-state index contributed by atoms with van der Waals surface area (Å²) in [6.07, 6.45) is -8.26. The van der Waals surface area contributed by atoms with Crippen molar-refractivity contribution in [2.24, 2.45) is 0 Å². The molecule has 0 saturated carbocycles. The highest BCUT2D eigenvalue weighted by Gasteiger charge is 2.40. The first kappa shape index (κ1) is 19.0. The minimum absolute atomic E-state index is 0.269. The van der Waals surface area contributed by atoms with Gasteiger partial charge >= 0.3 is 0 Å². The van der Waals surface area contributed by atoms with Crippen LogP contribution < -0.4 is 0 Å². The molecular weight excluding hydrogens is 316 g/mol. The maximum atomic E-state index is 12.1. The van der Waals surface area contributed by atoms with Gasteiger partial charge in [-0.15, -0.1) is 0 Å². The molecule has 0 fully saturated rings. The van der Waals surface area contributed by atoms with Gasteiger partial charge in [-0.3, -0.25) is 0 Å². The molecule has 0 heterocycles. The van der Waals surface area contributed by atoms with E-state index in [4.69, 9.17) is 5.11 Å². The van der Waals surface area contributed by atoms with Gasteiger partial charge in [0, 0.05) is 0 Å². The summed E-state index contributed by atoms with van der Waals surface area (Å²) in [6, 6.07) is 5.44. The zero-order valence-corrected chi connectivity index (χ0v) is 12.6. The third kappa shape index (κ3) is 4.02. The van der Waals surface area contributed by atoms with E-state index in [1.165, 1.54) is 24.3 Å². The number of aliphatic hydroxyl groups excluding tert-OH is 6. The normalized spacial score (nSPS) is 19.2. The van der Waals surface area contributed by atoms with Crippen LogP contribution in [0.2, 0.25) is 0 Å². The molecule has 0 spiro atoms. The molecule has 0 aliphatic heterocycles. The highest BCUT2D eigenvalue weighted by molar-refractivity contribution is 7.92. The van der Waals surface area contributed by atoms with Crippen LogP contribution in [0.4, 0.5) is 0 Å². The Morgan fingerprint density at radius 1 is 0.909 bits per heavy atom. The van der Waals surface area contributed by atoms with Gasteiger partial charge in [-0.25, -0.2) is 8.42 Å². The van der Waals surface area contributed by atoms with Crippen LogP contribution in [0.5, 0.6) is 0 Å². The van der Waals surface area contributed by atoms with Crippen molar-refractivity contribution >= 4 is 9.84 Å². The SMILES string of the molecule is Cc1ccc(S(=O)(=O)C(O)[C@H](O)[C@@H](O)[C@@H](O)[C@H](O)CO)cc1. The highest BCUT2D eigenvalue weighted by atomic mass is 32.2. The van der Waals surface area contributed by atoms with Crippen LogP contribution in [-0.4, -0.2) is 75.5 Å². The van der Waals surface area contributed by atoms with Crippen molar-refractivity contribution in [1.29, 1.82) is 0 Å². The molecule has 1 rings (SSSR count). The molecule has 0 amide bonds. The number of hydrogen-bond acceptors (Lipinski definition) is 8. The maximum absolute atomic E-state index is 12.1. The van der Waals surface area contributed by atoms with E-state index in [0.717, 1.165) is 5.56 Å². The second-order valence-corrected chi connectivity index (χ2v) is 7.01. The molecule has 9 heteroatoms. The number of aryl methyl sites for hydroxylation is 1. The van der Waals surface area contributed by atoms with Gasteiger partial charge < -0.3 is 30.6 Å². The Kier molecular flexibility index (Phi) is 6.44. The van der Waals surface area contributed by atoms with Crippen molar-refractivity contribution in [3.05, 3.63) is 29.8 Å². The zero-order chi connectivity index (χ0) is 17.1. The van der Waals surface area contributed by atoms with Crippen molar-refractivity contribution in [1.82, 2.24) is 0 Å². The van der Waals surface area contributed by atoms with Crippen molar-refractivity contribution in [2.75, 3.05) is 6.61 Å². The van der Waals surface area contributed by atoms with Crippen LogP contribution in [0.1, 0.15) is 5.56 Å². The molecule has 8 nitrogen and oxygen atoms in total. The van der Waals surface area contributed by atoms with Gasteiger partial charge in [-0.05, 0) is 19.1 Å². The van der Waals surface area contributed by atoms with Crippen LogP contribution in [0.25, 0.3) is 0 Å². The number of sulfone groups is 1. The van der Waals surface area contributed by atoms with Crippen LogP contribution >= 0.6 is 0 Å². The van der Waals surface area contributed by atoms with Gasteiger partial charge in [-0.2, -0.15) is 0 Å². The van der Waals surface area contributed by atoms with Crippen LogP contribution in [-0.2, 0) is 9.84 Å². The fraction of sp³-hybridized carbons (Fsp3) is 0.538. The van der Waals surface area contributed by atoms with Gasteiger partial charge in [0.2, 0.25) is 9.84 Å². The standard InChI is InChI=1S/C13H20O8S/c1-7-2-4-8(5-3-7)22(20,21)13(19)12(18)11(17)10(16)9(15)6-14/h2-5,9-19H,6H2,1H3/t9-,10+,11+,12-,13?/m1/s1. The van der Waals surface area contributed by atoms with Gasteiger partial charge in [-0.1, -0.05) is 17.7 Å². The molecule has 22 heavy (non-hydrogen) atoms. The minimum atomic E-state index is -4.38. The average molecular weight is 336 g/mol. The molecule has 0 bridgehead atoms. The lowest BCUT2D eigenvalue weighted by Gasteiger charge is -2.28. The summed E-state index contributed by atoms with van der Waals surface area (Å²) >= 11 is 0. The Hall–Kier alpha value is -1.07. The van der Waals surface area contributed by atoms with Crippen LogP contribution in [0, 0.1) is 6.92 Å². The second kappa shape index (κ2) is 7.47. The van der Waals surface area contributed by atoms with E-state index >= 15 is 0 Å². The number of hydrogen-bond donors (Lipinski definition) is 6. The Bertz CT molecular complexity index is 570. The van der Waals surface area contributed by atoms with E-state index in [0.29, 0.717) is 0 Å². The summed E-state index contributed by atoms with van der Waals surface area (Å²) in [5.41, 5.74) is -1.62. The summed E-state index contributed by atoms with van der Waals surface area (Å²) in [7, 11) is -4.38. The topological polar surface area (TPSA) is 156 Å². The highest BCUT2D eigenvalue weighted by Crippen LogP contribution is 2.20. The van der Waals surface area contributed by atoms with Crippen molar-refractivity contribution in [3.8, 4) is 0 Å². The lowest BCUT2D eigenvalue weighted by molar-refractivity contribution is -0.128. The van der Waals surface area contributed by atoms with E-state index < -0.39 is 46.3 Å². The van der Waals surface area contributed by atoms with Crippen LogP contribution in [0.15, 0.2) is 29.2 Å². The molecular formula is C13H20O8S. The first-order valence-corrected chi connectivity index (χ1v) is 7.99. The molecule has 1 aromatic carbocycles. The van der Waals surface area contributed by atoms with Crippen molar-refractivity contribution < 1.29 is 39.1 Å². The fourth-order valence-corrected chi connectivity index (χ4v) is 3.08. The van der Waals surface area contributed by atoms with E-state index in [1.54, 1.807) is 6.92 Å². The van der Waals surface area contributed by atoms with Gasteiger partial charge in [0.1, 0.15) is 24.4 Å². The number of benzene rings is 1. The second-order valence-electron chi connectivity index (χ2n) is 4.97. The first-order chi connectivity index (χ1) is 10.1. The Balaban J connectivity index is 2.98. The molecule has 0 aliphatic rings. The lowest BCUT2D eigenvalue weighted by atomic mass is 10.0. The van der Waals surface area contributed by atoms with Gasteiger partial charge in [0.15, 0.2) is 5.44 Å². The predicted octanol–water partition coefficient (Wildman–Crippen LogP) is -2.48. The Labute approximate surface area is 127 Å². The molecule has 1 unspecified atom stereocenters. The predicted molar refractivity (Wildman–Crippen MR) is 75.5 cm³/mol. The largest absolute Gasteiger partial charge is 0.394 e. The van der Waals surface area contributed by atoms with E-state index in [1.807, 2.05) is 0 Å². The molecule has 126 valence electrons. The maximum Gasteiger partial charge on any atom is 0.207 e. The molecule has 0 radical (unpaired) electrons. The monoisotopic (exact) mass is 336 g/mol. The zero-order valence-electron chi connectivity index (χ0n) is 11.8. The van der Waals surface area contributed by atoms with E-state index in [-0.39, 0.29) is 4.90 Å². The third-order valence-corrected chi connectivity index (χ3v) is 5.08. The van der Waals surface area contributed by atoms with E-state index in [9.17, 15) is 34.0 Å². The van der Waals surface area contributed by atoms with Crippen molar-refractivity contribution in [2.45, 2.75) is 41.7 Å².